The van der Waals surface area contributed by atoms with Crippen LogP contribution < -0.4 is 10.1 Å². The van der Waals surface area contributed by atoms with Gasteiger partial charge in [0, 0.05) is 5.69 Å². The topological polar surface area (TPSA) is 64.6 Å². The molecule has 5 nitrogen and oxygen atoms in total. The van der Waals surface area contributed by atoms with Crippen molar-refractivity contribution in [3.63, 3.8) is 0 Å². The number of rotatable bonds is 7. The third kappa shape index (κ3) is 5.36. The van der Waals surface area contributed by atoms with Crippen LogP contribution in [0.1, 0.15) is 33.2 Å². The highest BCUT2D eigenvalue weighted by Gasteiger charge is 2.16. The summed E-state index contributed by atoms with van der Waals surface area (Å²) in [5, 5.41) is 3.03. The van der Waals surface area contributed by atoms with Crippen molar-refractivity contribution in [3.8, 4) is 5.75 Å². The Bertz CT molecular complexity index is 1000. The van der Waals surface area contributed by atoms with E-state index >= 15 is 0 Å². The summed E-state index contributed by atoms with van der Waals surface area (Å²) in [4.78, 5) is 24.8. The highest BCUT2D eigenvalue weighted by atomic mass is 35.5. The predicted octanol–water partition coefficient (Wildman–Crippen LogP) is 5.35. The summed E-state index contributed by atoms with van der Waals surface area (Å²) in [5.74, 6) is -0.431. The minimum atomic E-state index is -0.541. The average molecular weight is 410 g/mol. The van der Waals surface area contributed by atoms with Gasteiger partial charge in [0.25, 0.3) is 5.91 Å². The second-order valence-corrected chi connectivity index (χ2v) is 6.55. The third-order valence-corrected chi connectivity index (χ3v) is 4.42. The van der Waals surface area contributed by atoms with Crippen molar-refractivity contribution in [1.82, 2.24) is 0 Å². The quantitative estimate of drug-likeness (QED) is 0.534. The summed E-state index contributed by atoms with van der Waals surface area (Å²) in [7, 11) is 0. The van der Waals surface area contributed by atoms with E-state index in [-0.39, 0.29) is 23.1 Å². The van der Waals surface area contributed by atoms with E-state index in [0.717, 1.165) is 5.56 Å². The van der Waals surface area contributed by atoms with Gasteiger partial charge in [-0.15, -0.1) is 0 Å². The maximum absolute atomic E-state index is 12.8. The van der Waals surface area contributed by atoms with Gasteiger partial charge in [0.1, 0.15) is 12.4 Å². The van der Waals surface area contributed by atoms with Crippen LogP contribution in [-0.2, 0) is 11.3 Å². The highest BCUT2D eigenvalue weighted by Crippen LogP contribution is 2.24. The van der Waals surface area contributed by atoms with Crippen molar-refractivity contribution in [3.05, 3.63) is 94.5 Å². The number of anilines is 1. The number of hydrogen-bond donors (Lipinski definition) is 1. The van der Waals surface area contributed by atoms with Gasteiger partial charge in [-0.05, 0) is 42.8 Å². The molecule has 29 heavy (non-hydrogen) atoms. The lowest BCUT2D eigenvalue weighted by atomic mass is 10.1. The smallest absolute Gasteiger partial charge is 0.339 e. The van der Waals surface area contributed by atoms with Crippen LogP contribution in [0.2, 0.25) is 5.02 Å². The number of ether oxygens (including phenoxy) is 2. The second kappa shape index (κ2) is 9.75. The molecule has 0 spiro atoms. The molecule has 0 saturated heterocycles. The number of halogens is 1. The summed E-state index contributed by atoms with van der Waals surface area (Å²) < 4.78 is 10.8. The Hall–Kier alpha value is -3.31. The number of para-hydroxylation sites is 1. The van der Waals surface area contributed by atoms with Crippen LogP contribution in [0.15, 0.2) is 72.8 Å². The number of carbonyl (C=O) groups excluding carboxylic acids is 2. The Kier molecular flexibility index (Phi) is 6.87. The highest BCUT2D eigenvalue weighted by molar-refractivity contribution is 6.33. The number of benzene rings is 3. The summed E-state index contributed by atoms with van der Waals surface area (Å²) in [6, 6.07) is 21.3. The van der Waals surface area contributed by atoms with Gasteiger partial charge < -0.3 is 14.8 Å². The molecule has 0 aliphatic heterocycles. The molecule has 3 aromatic carbocycles. The fraction of sp³-hybridized carbons (Fsp3) is 0.130. The van der Waals surface area contributed by atoms with E-state index in [4.69, 9.17) is 21.1 Å². The zero-order chi connectivity index (χ0) is 20.6. The Morgan fingerprint density at radius 2 is 1.66 bits per heavy atom. The van der Waals surface area contributed by atoms with Crippen molar-refractivity contribution in [2.24, 2.45) is 0 Å². The molecule has 6 heteroatoms. The van der Waals surface area contributed by atoms with E-state index in [1.807, 2.05) is 30.3 Å². The van der Waals surface area contributed by atoms with E-state index in [0.29, 0.717) is 23.6 Å². The van der Waals surface area contributed by atoms with E-state index < -0.39 is 5.97 Å². The molecule has 0 aliphatic carbocycles. The molecule has 0 bridgehead atoms. The van der Waals surface area contributed by atoms with Crippen LogP contribution in [-0.4, -0.2) is 18.5 Å². The molecule has 0 radical (unpaired) electrons. The van der Waals surface area contributed by atoms with Gasteiger partial charge in [-0.1, -0.05) is 54.1 Å². The molecule has 0 saturated carbocycles. The lowest BCUT2D eigenvalue weighted by molar-refractivity contribution is 0.0526. The minimum Gasteiger partial charge on any atom is -0.488 e. The third-order valence-electron chi connectivity index (χ3n) is 4.09. The van der Waals surface area contributed by atoms with Crippen LogP contribution in [0.3, 0.4) is 0 Å². The van der Waals surface area contributed by atoms with Gasteiger partial charge in [0.15, 0.2) is 0 Å². The molecule has 148 valence electrons. The fourth-order valence-electron chi connectivity index (χ4n) is 2.68. The first-order valence-electron chi connectivity index (χ1n) is 9.12. The molecule has 0 aliphatic rings. The molecule has 0 aromatic heterocycles. The van der Waals surface area contributed by atoms with E-state index in [1.54, 1.807) is 43.3 Å². The second-order valence-electron chi connectivity index (χ2n) is 6.14. The molecule has 0 unspecified atom stereocenters. The lowest BCUT2D eigenvalue weighted by Gasteiger charge is -2.13. The standard InChI is InChI=1S/C23H20ClNO4/c1-2-28-23(27)19-14-17(12-13-20(19)24)25-22(26)18-10-6-7-11-21(18)29-15-16-8-4-3-5-9-16/h3-14H,2,15H2,1H3,(H,25,26). The van der Waals surface area contributed by atoms with Gasteiger partial charge in [0.2, 0.25) is 0 Å². The van der Waals surface area contributed by atoms with Crippen LogP contribution in [0, 0.1) is 0 Å². The van der Waals surface area contributed by atoms with Gasteiger partial charge in [0.05, 0.1) is 22.8 Å². The minimum absolute atomic E-state index is 0.194. The molecule has 3 rings (SSSR count). The van der Waals surface area contributed by atoms with Crippen LogP contribution in [0.4, 0.5) is 5.69 Å². The molecular weight excluding hydrogens is 390 g/mol. The fourth-order valence-corrected chi connectivity index (χ4v) is 2.88. The maximum atomic E-state index is 12.8. The average Bonchev–Trinajstić information content (AvgIpc) is 2.74. The van der Waals surface area contributed by atoms with Gasteiger partial charge in [-0.25, -0.2) is 4.79 Å². The molecule has 0 atom stereocenters. The number of esters is 1. The molecule has 1 N–H and O–H groups in total. The maximum Gasteiger partial charge on any atom is 0.339 e. The molecule has 3 aromatic rings. The first kappa shape index (κ1) is 20.4. The predicted molar refractivity (Wildman–Crippen MR) is 113 cm³/mol. The van der Waals surface area contributed by atoms with Crippen molar-refractivity contribution in [2.75, 3.05) is 11.9 Å². The Morgan fingerprint density at radius 3 is 2.41 bits per heavy atom. The first-order valence-corrected chi connectivity index (χ1v) is 9.50. The normalized spacial score (nSPS) is 10.3. The van der Waals surface area contributed by atoms with Crippen molar-refractivity contribution in [1.29, 1.82) is 0 Å². The molecule has 0 fully saturated rings. The van der Waals surface area contributed by atoms with E-state index in [9.17, 15) is 9.59 Å². The summed E-state index contributed by atoms with van der Waals surface area (Å²) in [6.45, 7) is 2.29. The van der Waals surface area contributed by atoms with E-state index in [1.165, 1.54) is 6.07 Å². The SMILES string of the molecule is CCOC(=O)c1cc(NC(=O)c2ccccc2OCc2ccccc2)ccc1Cl. The Morgan fingerprint density at radius 1 is 0.931 bits per heavy atom. The molecular formula is C23H20ClNO4. The van der Waals surface area contributed by atoms with Crippen molar-refractivity contribution < 1.29 is 19.1 Å². The number of nitrogens with one attached hydrogen (secondary N) is 1. The van der Waals surface area contributed by atoms with Crippen molar-refractivity contribution >= 4 is 29.2 Å². The number of hydrogen-bond acceptors (Lipinski definition) is 4. The molecule has 1 amide bonds. The number of carbonyl (C=O) groups is 2. The summed E-state index contributed by atoms with van der Waals surface area (Å²) in [6.07, 6.45) is 0. The largest absolute Gasteiger partial charge is 0.488 e. The zero-order valence-electron chi connectivity index (χ0n) is 15.9. The zero-order valence-corrected chi connectivity index (χ0v) is 16.6. The Labute approximate surface area is 174 Å². The first-order chi connectivity index (χ1) is 14.1. The molecule has 0 heterocycles. The Balaban J connectivity index is 1.76. The van der Waals surface area contributed by atoms with Crippen LogP contribution in [0.25, 0.3) is 0 Å². The van der Waals surface area contributed by atoms with E-state index in [2.05, 4.69) is 5.32 Å². The summed E-state index contributed by atoms with van der Waals surface area (Å²) >= 11 is 6.07. The van der Waals surface area contributed by atoms with Crippen molar-refractivity contribution in [2.45, 2.75) is 13.5 Å². The van der Waals surface area contributed by atoms with Gasteiger partial charge in [-0.2, -0.15) is 0 Å². The number of amides is 1. The van der Waals surface area contributed by atoms with Gasteiger partial charge in [-0.3, -0.25) is 4.79 Å². The monoisotopic (exact) mass is 409 g/mol. The van der Waals surface area contributed by atoms with Gasteiger partial charge >= 0.3 is 5.97 Å². The van der Waals surface area contributed by atoms with Crippen LogP contribution in [0.5, 0.6) is 5.75 Å². The van der Waals surface area contributed by atoms with Crippen LogP contribution >= 0.6 is 11.6 Å². The lowest BCUT2D eigenvalue weighted by Crippen LogP contribution is -2.14. The summed E-state index contributed by atoms with van der Waals surface area (Å²) in [5.41, 5.74) is 2.01.